The predicted octanol–water partition coefficient (Wildman–Crippen LogP) is 3.11. The van der Waals surface area contributed by atoms with Crippen LogP contribution in [0.2, 0.25) is 0 Å². The van der Waals surface area contributed by atoms with Crippen molar-refractivity contribution in [1.29, 1.82) is 0 Å². The Labute approximate surface area is 123 Å². The molecule has 0 saturated carbocycles. The van der Waals surface area contributed by atoms with E-state index in [2.05, 4.69) is 16.9 Å². The molecule has 1 aromatic heterocycles. The van der Waals surface area contributed by atoms with Crippen LogP contribution in [-0.4, -0.2) is 19.9 Å². The van der Waals surface area contributed by atoms with Gasteiger partial charge in [-0.05, 0) is 19.1 Å². The summed E-state index contributed by atoms with van der Waals surface area (Å²) in [5.41, 5.74) is 1.56. The Hall–Kier alpha value is -1.66. The number of thiazole rings is 1. The van der Waals surface area contributed by atoms with Crippen molar-refractivity contribution >= 4 is 26.3 Å². The molecular formula is C14H16N2O2S2. The Morgan fingerprint density at radius 1 is 1.35 bits per heavy atom. The predicted molar refractivity (Wildman–Crippen MR) is 82.7 cm³/mol. The number of rotatable bonds is 6. The van der Waals surface area contributed by atoms with Gasteiger partial charge in [-0.1, -0.05) is 30.4 Å². The summed E-state index contributed by atoms with van der Waals surface area (Å²) >= 11 is 1.40. The molecule has 0 amide bonds. The molecule has 1 N–H and O–H groups in total. The second-order valence-corrected chi connectivity index (χ2v) is 7.37. The third kappa shape index (κ3) is 3.91. The van der Waals surface area contributed by atoms with Gasteiger partial charge in [-0.25, -0.2) is 13.4 Å². The van der Waals surface area contributed by atoms with Gasteiger partial charge in [-0.2, -0.15) is 0 Å². The van der Waals surface area contributed by atoms with Gasteiger partial charge < -0.3 is 5.32 Å². The smallest absolute Gasteiger partial charge is 0.184 e. The third-order valence-corrected chi connectivity index (χ3v) is 5.05. The Morgan fingerprint density at radius 2 is 2.05 bits per heavy atom. The number of nitrogens with one attached hydrogen (secondary N) is 1. The summed E-state index contributed by atoms with van der Waals surface area (Å²) in [6.07, 6.45) is 0. The van der Waals surface area contributed by atoms with Gasteiger partial charge in [0.2, 0.25) is 0 Å². The first kappa shape index (κ1) is 14.7. The zero-order valence-electron chi connectivity index (χ0n) is 11.2. The summed E-state index contributed by atoms with van der Waals surface area (Å²) < 4.78 is 24.4. The summed E-state index contributed by atoms with van der Waals surface area (Å²) in [6, 6.07) is 8.42. The van der Waals surface area contributed by atoms with Crippen LogP contribution in [0.1, 0.15) is 12.6 Å². The summed E-state index contributed by atoms with van der Waals surface area (Å²) in [6.45, 7) is 6.35. The quantitative estimate of drug-likeness (QED) is 0.833. The van der Waals surface area contributed by atoms with E-state index in [1.807, 2.05) is 6.92 Å². The zero-order valence-corrected chi connectivity index (χ0v) is 12.8. The Bertz CT molecular complexity index is 691. The van der Waals surface area contributed by atoms with E-state index in [0.717, 1.165) is 5.57 Å². The number of hydrogen-bond acceptors (Lipinski definition) is 5. The van der Waals surface area contributed by atoms with Crippen molar-refractivity contribution in [2.45, 2.75) is 17.6 Å². The normalized spacial score (nSPS) is 11.2. The first-order valence-electron chi connectivity index (χ1n) is 6.08. The Balaban J connectivity index is 2.09. The van der Waals surface area contributed by atoms with Crippen molar-refractivity contribution in [3.05, 3.63) is 53.6 Å². The molecule has 0 spiro atoms. The molecule has 0 fully saturated rings. The molecule has 0 bridgehead atoms. The van der Waals surface area contributed by atoms with Crippen LogP contribution in [-0.2, 0) is 15.6 Å². The van der Waals surface area contributed by atoms with Crippen LogP contribution in [0.3, 0.4) is 0 Å². The van der Waals surface area contributed by atoms with Crippen molar-refractivity contribution in [2.75, 3.05) is 11.9 Å². The van der Waals surface area contributed by atoms with Crippen molar-refractivity contribution < 1.29 is 8.42 Å². The lowest BCUT2D eigenvalue weighted by Crippen LogP contribution is -2.06. The van der Waals surface area contributed by atoms with Crippen LogP contribution in [0.15, 0.2) is 52.8 Å². The van der Waals surface area contributed by atoms with E-state index in [-0.39, 0.29) is 5.75 Å². The standard InChI is InChI=1S/C14H16N2O2S2/c1-11(2)8-15-14-16-12(9-19-14)10-20(17,18)13-6-4-3-5-7-13/h3-7,9H,1,8,10H2,2H3,(H,15,16). The number of nitrogens with zero attached hydrogens (tertiary/aromatic N) is 1. The molecular weight excluding hydrogens is 292 g/mol. The van der Waals surface area contributed by atoms with E-state index in [1.54, 1.807) is 35.7 Å². The number of sulfone groups is 1. The van der Waals surface area contributed by atoms with Crippen LogP contribution >= 0.6 is 11.3 Å². The van der Waals surface area contributed by atoms with Crippen LogP contribution in [0.25, 0.3) is 0 Å². The highest BCUT2D eigenvalue weighted by Gasteiger charge is 2.16. The van der Waals surface area contributed by atoms with Crippen molar-refractivity contribution in [1.82, 2.24) is 4.98 Å². The molecule has 106 valence electrons. The molecule has 0 aliphatic rings. The molecule has 0 unspecified atom stereocenters. The van der Waals surface area contributed by atoms with Crippen molar-refractivity contribution in [3.63, 3.8) is 0 Å². The number of anilines is 1. The van der Waals surface area contributed by atoms with Crippen molar-refractivity contribution in [3.8, 4) is 0 Å². The lowest BCUT2D eigenvalue weighted by molar-refractivity contribution is 0.595. The molecule has 20 heavy (non-hydrogen) atoms. The number of aromatic nitrogens is 1. The minimum atomic E-state index is -3.33. The molecule has 4 nitrogen and oxygen atoms in total. The number of hydrogen-bond donors (Lipinski definition) is 1. The molecule has 0 radical (unpaired) electrons. The van der Waals surface area contributed by atoms with Gasteiger partial charge in [0.25, 0.3) is 0 Å². The van der Waals surface area contributed by atoms with Gasteiger partial charge in [-0.15, -0.1) is 11.3 Å². The van der Waals surface area contributed by atoms with Crippen LogP contribution in [0.5, 0.6) is 0 Å². The SMILES string of the molecule is C=C(C)CNc1nc(CS(=O)(=O)c2ccccc2)cs1. The zero-order chi connectivity index (χ0) is 14.6. The lowest BCUT2D eigenvalue weighted by Gasteiger charge is -2.02. The van der Waals surface area contributed by atoms with E-state index in [1.165, 1.54) is 11.3 Å². The maximum atomic E-state index is 12.2. The highest BCUT2D eigenvalue weighted by Crippen LogP contribution is 2.20. The minimum absolute atomic E-state index is 0.0811. The Kier molecular flexibility index (Phi) is 4.57. The van der Waals surface area contributed by atoms with Gasteiger partial charge in [0.05, 0.1) is 16.3 Å². The molecule has 0 atom stereocenters. The van der Waals surface area contributed by atoms with Crippen molar-refractivity contribution in [2.24, 2.45) is 0 Å². The molecule has 0 saturated heterocycles. The van der Waals surface area contributed by atoms with Crippen LogP contribution in [0.4, 0.5) is 5.13 Å². The third-order valence-electron chi connectivity index (χ3n) is 2.53. The average Bonchev–Trinajstić information content (AvgIpc) is 2.84. The molecule has 2 rings (SSSR count). The maximum Gasteiger partial charge on any atom is 0.184 e. The molecule has 2 aromatic rings. The van der Waals surface area contributed by atoms with Crippen LogP contribution < -0.4 is 5.32 Å². The van der Waals surface area contributed by atoms with Gasteiger partial charge in [0.1, 0.15) is 0 Å². The summed E-state index contributed by atoms with van der Waals surface area (Å²) in [5, 5.41) is 5.58. The van der Waals surface area contributed by atoms with E-state index < -0.39 is 9.84 Å². The lowest BCUT2D eigenvalue weighted by atomic mass is 10.4. The maximum absolute atomic E-state index is 12.2. The highest BCUT2D eigenvalue weighted by atomic mass is 32.2. The highest BCUT2D eigenvalue weighted by molar-refractivity contribution is 7.90. The summed E-state index contributed by atoms with van der Waals surface area (Å²) in [5.74, 6) is -0.0811. The largest absolute Gasteiger partial charge is 0.358 e. The van der Waals surface area contributed by atoms with E-state index in [0.29, 0.717) is 22.3 Å². The molecule has 1 heterocycles. The van der Waals surface area contributed by atoms with E-state index >= 15 is 0 Å². The number of benzene rings is 1. The fraction of sp³-hybridized carbons (Fsp3) is 0.214. The molecule has 0 aliphatic carbocycles. The molecule has 0 aliphatic heterocycles. The molecule has 6 heteroatoms. The second-order valence-electron chi connectivity index (χ2n) is 4.53. The summed E-state index contributed by atoms with van der Waals surface area (Å²) in [7, 11) is -3.33. The fourth-order valence-corrected chi connectivity index (χ4v) is 3.68. The first-order chi connectivity index (χ1) is 9.47. The monoisotopic (exact) mass is 308 g/mol. The van der Waals surface area contributed by atoms with Gasteiger partial charge >= 0.3 is 0 Å². The topological polar surface area (TPSA) is 59.1 Å². The van der Waals surface area contributed by atoms with Gasteiger partial charge in [0.15, 0.2) is 15.0 Å². The second kappa shape index (κ2) is 6.19. The minimum Gasteiger partial charge on any atom is -0.358 e. The fourth-order valence-electron chi connectivity index (χ4n) is 1.59. The Morgan fingerprint density at radius 3 is 2.70 bits per heavy atom. The van der Waals surface area contributed by atoms with Gasteiger partial charge in [-0.3, -0.25) is 0 Å². The van der Waals surface area contributed by atoms with E-state index in [4.69, 9.17) is 0 Å². The molecule has 1 aromatic carbocycles. The summed E-state index contributed by atoms with van der Waals surface area (Å²) in [4.78, 5) is 4.60. The van der Waals surface area contributed by atoms with E-state index in [9.17, 15) is 8.42 Å². The van der Waals surface area contributed by atoms with Gasteiger partial charge in [0, 0.05) is 11.9 Å². The van der Waals surface area contributed by atoms with Crippen LogP contribution in [0, 0.1) is 0 Å². The average molecular weight is 308 g/mol. The first-order valence-corrected chi connectivity index (χ1v) is 8.61.